The van der Waals surface area contributed by atoms with E-state index in [1.165, 1.54) is 24.3 Å². The fourth-order valence-electron chi connectivity index (χ4n) is 1.49. The van der Waals surface area contributed by atoms with E-state index in [1.54, 1.807) is 11.8 Å². The van der Waals surface area contributed by atoms with Gasteiger partial charge in [-0.15, -0.1) is 0 Å². The molecule has 1 heterocycles. The smallest absolute Gasteiger partial charge is 0.179 e. The summed E-state index contributed by atoms with van der Waals surface area (Å²) in [6.07, 6.45) is 0. The Labute approximate surface area is 111 Å². The number of hydrogen-bond donors (Lipinski definition) is 0. The van der Waals surface area contributed by atoms with Crippen LogP contribution >= 0.6 is 11.8 Å². The van der Waals surface area contributed by atoms with Crippen molar-refractivity contribution >= 4 is 21.6 Å². The predicted octanol–water partition coefficient (Wildman–Crippen LogP) is 1.46. The molecule has 2 rings (SSSR count). The molecular formula is C12H13NO3S2. The standard InChI is InChI=1S/C12H13NO3S2/c13-7-10-1-3-12(4-2-10)18(14,15)6-5-17-11-8-16-9-11/h1-4,11H,5-6,8-9H2. The zero-order valence-corrected chi connectivity index (χ0v) is 11.3. The summed E-state index contributed by atoms with van der Waals surface area (Å²) in [4.78, 5) is 0.284. The van der Waals surface area contributed by atoms with Crippen LogP contribution in [0.15, 0.2) is 29.2 Å². The molecule has 6 heteroatoms. The van der Waals surface area contributed by atoms with E-state index in [1.807, 2.05) is 6.07 Å². The van der Waals surface area contributed by atoms with Crippen LogP contribution in [0.3, 0.4) is 0 Å². The first kappa shape index (κ1) is 13.4. The van der Waals surface area contributed by atoms with Gasteiger partial charge in [0.25, 0.3) is 0 Å². The van der Waals surface area contributed by atoms with Crippen molar-refractivity contribution in [1.82, 2.24) is 0 Å². The van der Waals surface area contributed by atoms with Crippen LogP contribution in [-0.2, 0) is 14.6 Å². The highest BCUT2D eigenvalue weighted by Crippen LogP contribution is 2.20. The van der Waals surface area contributed by atoms with Gasteiger partial charge in [0.15, 0.2) is 9.84 Å². The van der Waals surface area contributed by atoms with E-state index in [9.17, 15) is 8.42 Å². The van der Waals surface area contributed by atoms with E-state index in [2.05, 4.69) is 0 Å². The lowest BCUT2D eigenvalue weighted by molar-refractivity contribution is 0.0455. The van der Waals surface area contributed by atoms with E-state index < -0.39 is 9.84 Å². The predicted molar refractivity (Wildman–Crippen MR) is 70.3 cm³/mol. The minimum atomic E-state index is -3.24. The third kappa shape index (κ3) is 3.25. The molecular weight excluding hydrogens is 270 g/mol. The number of rotatable bonds is 5. The van der Waals surface area contributed by atoms with E-state index in [0.717, 1.165) is 13.2 Å². The third-order valence-corrected chi connectivity index (χ3v) is 5.83. The topological polar surface area (TPSA) is 67.2 Å². The van der Waals surface area contributed by atoms with Gasteiger partial charge in [0.1, 0.15) is 0 Å². The van der Waals surface area contributed by atoms with Gasteiger partial charge in [-0.2, -0.15) is 17.0 Å². The average molecular weight is 283 g/mol. The molecule has 0 bridgehead atoms. The molecule has 0 aliphatic carbocycles. The summed E-state index contributed by atoms with van der Waals surface area (Å²) in [5.74, 6) is 0.705. The number of thioether (sulfide) groups is 1. The number of nitrogens with zero attached hydrogens (tertiary/aromatic N) is 1. The maximum absolute atomic E-state index is 12.0. The zero-order valence-electron chi connectivity index (χ0n) is 9.70. The highest BCUT2D eigenvalue weighted by atomic mass is 32.2. The second-order valence-electron chi connectivity index (χ2n) is 3.99. The van der Waals surface area contributed by atoms with E-state index >= 15 is 0 Å². The molecule has 1 aliphatic rings. The van der Waals surface area contributed by atoms with Crippen LogP contribution in [0.5, 0.6) is 0 Å². The molecule has 18 heavy (non-hydrogen) atoms. The Morgan fingerprint density at radius 2 is 2.00 bits per heavy atom. The molecule has 0 aromatic heterocycles. The number of nitriles is 1. The van der Waals surface area contributed by atoms with Gasteiger partial charge in [0.05, 0.1) is 40.7 Å². The lowest BCUT2D eigenvalue weighted by Gasteiger charge is -2.25. The van der Waals surface area contributed by atoms with Crippen molar-refractivity contribution in [1.29, 1.82) is 5.26 Å². The Balaban J connectivity index is 1.94. The third-order valence-electron chi connectivity index (χ3n) is 2.66. The summed E-state index contributed by atoms with van der Waals surface area (Å²) < 4.78 is 29.0. The molecule has 4 nitrogen and oxygen atoms in total. The fourth-order valence-corrected chi connectivity index (χ4v) is 4.26. The number of hydrogen-bond acceptors (Lipinski definition) is 5. The van der Waals surface area contributed by atoms with Gasteiger partial charge in [0.2, 0.25) is 0 Å². The molecule has 1 aromatic carbocycles. The van der Waals surface area contributed by atoms with Crippen LogP contribution in [-0.4, -0.2) is 38.4 Å². The Hall–Kier alpha value is -1.03. The number of ether oxygens (including phenoxy) is 1. The minimum Gasteiger partial charge on any atom is -0.379 e. The van der Waals surface area contributed by atoms with E-state index in [0.29, 0.717) is 16.6 Å². The van der Waals surface area contributed by atoms with E-state index in [4.69, 9.17) is 10.00 Å². The normalized spacial score (nSPS) is 15.9. The molecule has 0 N–H and O–H groups in total. The Kier molecular flexibility index (Phi) is 4.27. The molecule has 1 aromatic rings. The van der Waals surface area contributed by atoms with Crippen LogP contribution in [0.25, 0.3) is 0 Å². The highest BCUT2D eigenvalue weighted by molar-refractivity contribution is 8.01. The van der Waals surface area contributed by atoms with Crippen molar-refractivity contribution in [3.63, 3.8) is 0 Å². The van der Waals surface area contributed by atoms with Gasteiger partial charge in [-0.05, 0) is 24.3 Å². The molecule has 96 valence electrons. The van der Waals surface area contributed by atoms with Crippen molar-refractivity contribution in [2.24, 2.45) is 0 Å². The lowest BCUT2D eigenvalue weighted by atomic mass is 10.2. The van der Waals surface area contributed by atoms with Gasteiger partial charge >= 0.3 is 0 Å². The highest BCUT2D eigenvalue weighted by Gasteiger charge is 2.20. The van der Waals surface area contributed by atoms with Gasteiger partial charge in [-0.1, -0.05) is 0 Å². The van der Waals surface area contributed by atoms with Gasteiger partial charge < -0.3 is 4.74 Å². The van der Waals surface area contributed by atoms with Crippen molar-refractivity contribution in [2.45, 2.75) is 10.1 Å². The summed E-state index contributed by atoms with van der Waals surface area (Å²) in [5, 5.41) is 9.10. The molecule has 1 aliphatic heterocycles. The Bertz CT molecular complexity index is 542. The van der Waals surface area contributed by atoms with Crippen molar-refractivity contribution < 1.29 is 13.2 Å². The second-order valence-corrected chi connectivity index (χ2v) is 7.50. The van der Waals surface area contributed by atoms with Crippen LogP contribution in [0.2, 0.25) is 0 Å². The largest absolute Gasteiger partial charge is 0.379 e. The van der Waals surface area contributed by atoms with Crippen LogP contribution in [0, 0.1) is 11.3 Å². The van der Waals surface area contributed by atoms with Gasteiger partial charge in [-0.25, -0.2) is 8.42 Å². The number of sulfone groups is 1. The number of benzene rings is 1. The van der Waals surface area contributed by atoms with Crippen molar-refractivity contribution in [3.8, 4) is 6.07 Å². The van der Waals surface area contributed by atoms with Crippen LogP contribution in [0.1, 0.15) is 5.56 Å². The summed E-state index contributed by atoms with van der Waals surface area (Å²) in [7, 11) is -3.24. The first-order valence-corrected chi connectivity index (χ1v) is 8.24. The summed E-state index contributed by atoms with van der Waals surface area (Å²) in [5.41, 5.74) is 0.468. The molecule has 1 fully saturated rings. The van der Waals surface area contributed by atoms with Crippen LogP contribution in [0.4, 0.5) is 0 Å². The summed E-state index contributed by atoms with van der Waals surface area (Å²) in [6.45, 7) is 1.45. The van der Waals surface area contributed by atoms with Gasteiger partial charge in [-0.3, -0.25) is 0 Å². The Morgan fingerprint density at radius 3 is 2.50 bits per heavy atom. The summed E-state index contributed by atoms with van der Waals surface area (Å²) in [6, 6.07) is 8.00. The fraction of sp³-hybridized carbons (Fsp3) is 0.417. The molecule has 1 saturated heterocycles. The minimum absolute atomic E-state index is 0.125. The molecule has 0 saturated carbocycles. The molecule has 0 atom stereocenters. The van der Waals surface area contributed by atoms with Crippen LogP contribution < -0.4 is 0 Å². The lowest BCUT2D eigenvalue weighted by Crippen LogP contribution is -2.31. The first-order chi connectivity index (χ1) is 8.62. The SMILES string of the molecule is N#Cc1ccc(S(=O)(=O)CCSC2COC2)cc1. The molecule has 0 radical (unpaired) electrons. The van der Waals surface area contributed by atoms with Gasteiger partial charge in [0, 0.05) is 5.75 Å². The molecule has 0 amide bonds. The molecule has 0 unspecified atom stereocenters. The molecule has 0 spiro atoms. The van der Waals surface area contributed by atoms with Crippen molar-refractivity contribution in [2.75, 3.05) is 24.7 Å². The first-order valence-electron chi connectivity index (χ1n) is 5.54. The maximum Gasteiger partial charge on any atom is 0.179 e. The maximum atomic E-state index is 12.0. The summed E-state index contributed by atoms with van der Waals surface area (Å²) >= 11 is 1.64. The second kappa shape index (κ2) is 5.74. The zero-order chi connectivity index (χ0) is 13.0. The van der Waals surface area contributed by atoms with E-state index in [-0.39, 0.29) is 10.6 Å². The Morgan fingerprint density at radius 1 is 1.33 bits per heavy atom. The quantitative estimate of drug-likeness (QED) is 0.818. The average Bonchev–Trinajstić information content (AvgIpc) is 2.32. The van der Waals surface area contributed by atoms with Crippen molar-refractivity contribution in [3.05, 3.63) is 29.8 Å². The monoisotopic (exact) mass is 283 g/mol.